The van der Waals surface area contributed by atoms with Gasteiger partial charge in [-0.15, -0.1) is 0 Å². The predicted octanol–water partition coefficient (Wildman–Crippen LogP) is 3.06. The number of nitrogens with zero attached hydrogens (tertiary/aromatic N) is 1. The Labute approximate surface area is 130 Å². The van der Waals surface area contributed by atoms with Crippen LogP contribution in [-0.2, 0) is 9.59 Å². The molecular weight excluding hydrogens is 288 g/mol. The third kappa shape index (κ3) is 2.77. The smallest absolute Gasteiger partial charge is 0.252 e. The minimum Gasteiger partial charge on any atom is -0.342 e. The van der Waals surface area contributed by atoms with Crippen LogP contribution in [0.3, 0.4) is 0 Å². The van der Waals surface area contributed by atoms with Crippen molar-refractivity contribution in [1.82, 2.24) is 5.32 Å². The van der Waals surface area contributed by atoms with Gasteiger partial charge in [0.25, 0.3) is 5.91 Å². The second-order valence-corrected chi connectivity index (χ2v) is 5.84. The molecule has 0 radical (unpaired) electrons. The molecule has 1 saturated heterocycles. The lowest BCUT2D eigenvalue weighted by Gasteiger charge is -2.34. The molecule has 0 saturated carbocycles. The van der Waals surface area contributed by atoms with Gasteiger partial charge in [-0.05, 0) is 37.5 Å². The number of hydrogen-bond donors (Lipinski definition) is 1. The number of carbonyl (C=O) groups is 2. The summed E-state index contributed by atoms with van der Waals surface area (Å²) in [4.78, 5) is 26.7. The highest BCUT2D eigenvalue weighted by Crippen LogP contribution is 2.31. The fraction of sp³-hybridized carbons (Fsp3) is 0.500. The molecule has 0 bridgehead atoms. The fourth-order valence-electron chi connectivity index (χ4n) is 2.80. The van der Waals surface area contributed by atoms with Crippen LogP contribution in [-0.4, -0.2) is 23.9 Å². The first-order chi connectivity index (χ1) is 9.95. The van der Waals surface area contributed by atoms with E-state index in [9.17, 15) is 9.59 Å². The van der Waals surface area contributed by atoms with E-state index in [-0.39, 0.29) is 11.8 Å². The Morgan fingerprint density at radius 1 is 1.29 bits per heavy atom. The second kappa shape index (κ2) is 6.06. The highest BCUT2D eigenvalue weighted by Gasteiger charge is 2.42. The van der Waals surface area contributed by atoms with Crippen molar-refractivity contribution in [2.75, 3.05) is 11.4 Å². The van der Waals surface area contributed by atoms with E-state index in [2.05, 4.69) is 5.32 Å². The van der Waals surface area contributed by atoms with Crippen LogP contribution in [0.25, 0.3) is 0 Å². The number of benzene rings is 1. The third-order valence-electron chi connectivity index (χ3n) is 4.33. The Morgan fingerprint density at radius 2 is 1.95 bits per heavy atom. The first-order valence-electron chi connectivity index (χ1n) is 7.33. The number of rotatable bonds is 3. The van der Waals surface area contributed by atoms with E-state index in [0.717, 1.165) is 11.3 Å². The molecule has 1 N–H and O–H groups in total. The van der Waals surface area contributed by atoms with Gasteiger partial charge in [-0.25, -0.2) is 0 Å². The minimum absolute atomic E-state index is 0.0521. The van der Waals surface area contributed by atoms with E-state index in [1.54, 1.807) is 11.0 Å². The van der Waals surface area contributed by atoms with Crippen molar-refractivity contribution in [3.8, 4) is 0 Å². The molecule has 1 aliphatic rings. The van der Waals surface area contributed by atoms with Gasteiger partial charge in [0.15, 0.2) is 0 Å². The van der Waals surface area contributed by atoms with Crippen molar-refractivity contribution >= 4 is 29.1 Å². The SMILES string of the molecule is CCC1(CC)NC(=O)CCN(c2cccc(Cl)c2C)C1=O. The van der Waals surface area contributed by atoms with Gasteiger partial charge in [-0.2, -0.15) is 0 Å². The van der Waals surface area contributed by atoms with Crippen molar-refractivity contribution in [3.05, 3.63) is 28.8 Å². The van der Waals surface area contributed by atoms with Gasteiger partial charge in [-0.1, -0.05) is 31.5 Å². The Balaban J connectivity index is 2.50. The molecule has 4 nitrogen and oxygen atoms in total. The molecular formula is C16H21ClN2O2. The summed E-state index contributed by atoms with van der Waals surface area (Å²) in [6.45, 7) is 6.13. The average Bonchev–Trinajstić information content (AvgIpc) is 2.60. The number of carbonyl (C=O) groups excluding carboxylic acids is 2. The van der Waals surface area contributed by atoms with Gasteiger partial charge >= 0.3 is 0 Å². The third-order valence-corrected chi connectivity index (χ3v) is 4.74. The maximum Gasteiger partial charge on any atom is 0.252 e. The van der Waals surface area contributed by atoms with Gasteiger partial charge in [0.05, 0.1) is 0 Å². The normalized spacial score (nSPS) is 18.4. The number of amides is 2. The van der Waals surface area contributed by atoms with E-state index in [4.69, 9.17) is 11.6 Å². The van der Waals surface area contributed by atoms with Crippen LogP contribution in [0.5, 0.6) is 0 Å². The zero-order chi connectivity index (χ0) is 15.6. The van der Waals surface area contributed by atoms with Crippen molar-refractivity contribution in [2.24, 2.45) is 0 Å². The maximum atomic E-state index is 13.0. The Hall–Kier alpha value is -1.55. The molecule has 1 fully saturated rings. The number of anilines is 1. The topological polar surface area (TPSA) is 49.4 Å². The van der Waals surface area contributed by atoms with E-state index >= 15 is 0 Å². The molecule has 2 rings (SSSR count). The van der Waals surface area contributed by atoms with E-state index in [1.165, 1.54) is 0 Å². The van der Waals surface area contributed by atoms with Crippen LogP contribution in [0.4, 0.5) is 5.69 Å². The van der Waals surface area contributed by atoms with E-state index in [0.29, 0.717) is 30.8 Å². The molecule has 114 valence electrons. The van der Waals surface area contributed by atoms with Crippen LogP contribution in [0.15, 0.2) is 18.2 Å². The van der Waals surface area contributed by atoms with Crippen LogP contribution in [0.1, 0.15) is 38.7 Å². The zero-order valence-electron chi connectivity index (χ0n) is 12.7. The van der Waals surface area contributed by atoms with E-state index in [1.807, 2.05) is 32.9 Å². The van der Waals surface area contributed by atoms with Crippen molar-refractivity contribution < 1.29 is 9.59 Å². The summed E-state index contributed by atoms with van der Waals surface area (Å²) in [5.74, 6) is -0.127. The molecule has 0 spiro atoms. The van der Waals surface area contributed by atoms with Crippen LogP contribution in [0, 0.1) is 6.92 Å². The van der Waals surface area contributed by atoms with Crippen LogP contribution < -0.4 is 10.2 Å². The summed E-state index contributed by atoms with van der Waals surface area (Å²) < 4.78 is 0. The number of nitrogens with one attached hydrogen (secondary N) is 1. The maximum absolute atomic E-state index is 13.0. The van der Waals surface area contributed by atoms with Gasteiger partial charge in [0.1, 0.15) is 5.54 Å². The Kier molecular flexibility index (Phi) is 4.57. The molecule has 0 aliphatic carbocycles. The second-order valence-electron chi connectivity index (χ2n) is 5.43. The zero-order valence-corrected chi connectivity index (χ0v) is 13.5. The number of halogens is 1. The highest BCUT2D eigenvalue weighted by atomic mass is 35.5. The quantitative estimate of drug-likeness (QED) is 0.933. The first-order valence-corrected chi connectivity index (χ1v) is 7.71. The minimum atomic E-state index is -0.817. The molecule has 1 heterocycles. The average molecular weight is 309 g/mol. The molecule has 1 aliphatic heterocycles. The Bertz CT molecular complexity index is 567. The first kappa shape index (κ1) is 15.8. The lowest BCUT2D eigenvalue weighted by molar-refractivity contribution is -0.130. The fourth-order valence-corrected chi connectivity index (χ4v) is 2.97. The molecule has 0 aromatic heterocycles. The van der Waals surface area contributed by atoms with Gasteiger partial charge in [0.2, 0.25) is 5.91 Å². The van der Waals surface area contributed by atoms with Gasteiger partial charge < -0.3 is 10.2 Å². The summed E-state index contributed by atoms with van der Waals surface area (Å²) in [5, 5.41) is 3.54. The summed E-state index contributed by atoms with van der Waals surface area (Å²) in [5.41, 5.74) is 0.834. The molecule has 1 aromatic carbocycles. The molecule has 0 unspecified atom stereocenters. The predicted molar refractivity (Wildman–Crippen MR) is 84.6 cm³/mol. The van der Waals surface area contributed by atoms with Crippen LogP contribution >= 0.6 is 11.6 Å². The molecule has 5 heteroatoms. The monoisotopic (exact) mass is 308 g/mol. The number of hydrogen-bond acceptors (Lipinski definition) is 2. The molecule has 1 aromatic rings. The van der Waals surface area contributed by atoms with Gasteiger partial charge in [0, 0.05) is 23.7 Å². The summed E-state index contributed by atoms with van der Waals surface area (Å²) in [6, 6.07) is 5.52. The van der Waals surface area contributed by atoms with Gasteiger partial charge in [-0.3, -0.25) is 9.59 Å². The van der Waals surface area contributed by atoms with Crippen molar-refractivity contribution in [3.63, 3.8) is 0 Å². The van der Waals surface area contributed by atoms with Crippen molar-refractivity contribution in [2.45, 2.75) is 45.6 Å². The lowest BCUT2D eigenvalue weighted by Crippen LogP contribution is -2.56. The molecule has 21 heavy (non-hydrogen) atoms. The summed E-state index contributed by atoms with van der Waals surface area (Å²) in [6.07, 6.45) is 1.45. The standard InChI is InChI=1S/C16H21ClN2O2/c1-4-16(5-2)15(21)19(10-9-14(20)18-16)13-8-6-7-12(17)11(13)3/h6-8H,4-5,9-10H2,1-3H3,(H,18,20). The largest absolute Gasteiger partial charge is 0.342 e. The summed E-state index contributed by atoms with van der Waals surface area (Å²) in [7, 11) is 0. The lowest BCUT2D eigenvalue weighted by atomic mass is 9.91. The van der Waals surface area contributed by atoms with Crippen LogP contribution in [0.2, 0.25) is 5.02 Å². The van der Waals surface area contributed by atoms with Crippen molar-refractivity contribution in [1.29, 1.82) is 0 Å². The molecule has 0 atom stereocenters. The van der Waals surface area contributed by atoms with E-state index < -0.39 is 5.54 Å². The Morgan fingerprint density at radius 3 is 2.57 bits per heavy atom. The summed E-state index contributed by atoms with van der Waals surface area (Å²) >= 11 is 6.17. The molecule has 2 amide bonds. The highest BCUT2D eigenvalue weighted by molar-refractivity contribution is 6.31.